The molecule has 0 saturated carbocycles. The second-order valence-corrected chi connectivity index (χ2v) is 12.0. The van der Waals surface area contributed by atoms with Gasteiger partial charge in [0.2, 0.25) is 0 Å². The van der Waals surface area contributed by atoms with Crippen LogP contribution < -0.4 is 4.57 Å². The molecule has 0 aliphatic heterocycles. The van der Waals surface area contributed by atoms with Gasteiger partial charge in [0.25, 0.3) is 5.82 Å². The topological polar surface area (TPSA) is 8.81 Å². The molecule has 0 aliphatic rings. The van der Waals surface area contributed by atoms with Crippen molar-refractivity contribution >= 4 is 0 Å². The number of imidazole rings is 1. The average molecular weight is 518 g/mol. The Labute approximate surface area is 234 Å². The van der Waals surface area contributed by atoms with Gasteiger partial charge in [-0.15, -0.1) is 0 Å². The van der Waals surface area contributed by atoms with E-state index in [-0.39, 0.29) is 0 Å². The molecule has 0 atom stereocenters. The van der Waals surface area contributed by atoms with Gasteiger partial charge in [-0.3, -0.25) is 0 Å². The van der Waals surface area contributed by atoms with Crippen LogP contribution in [0.3, 0.4) is 0 Å². The van der Waals surface area contributed by atoms with Crippen molar-refractivity contribution in [3.63, 3.8) is 0 Å². The van der Waals surface area contributed by atoms with Crippen molar-refractivity contribution < 1.29 is 4.57 Å². The first-order valence-corrected chi connectivity index (χ1v) is 17.4. The fourth-order valence-corrected chi connectivity index (χ4v) is 5.80. The van der Waals surface area contributed by atoms with E-state index in [1.54, 1.807) is 5.82 Å². The molecule has 0 bridgehead atoms. The molecule has 1 rings (SSSR count). The quantitative estimate of drug-likeness (QED) is 0.0737. The molecule has 0 aromatic carbocycles. The minimum atomic E-state index is 1.23. The van der Waals surface area contributed by atoms with E-state index in [1.165, 1.54) is 186 Å². The highest BCUT2D eigenvalue weighted by molar-refractivity contribution is 4.84. The van der Waals surface area contributed by atoms with E-state index in [0.29, 0.717) is 0 Å². The van der Waals surface area contributed by atoms with Gasteiger partial charge in [-0.2, -0.15) is 0 Å². The molecule has 1 heterocycles. The first kappa shape index (κ1) is 34.2. The van der Waals surface area contributed by atoms with Crippen molar-refractivity contribution in [3.8, 4) is 0 Å². The van der Waals surface area contributed by atoms with Crippen LogP contribution in [0.15, 0.2) is 12.4 Å². The fraction of sp³-hybridized carbons (Fsp3) is 0.914. The van der Waals surface area contributed by atoms with Gasteiger partial charge in [-0.05, 0) is 32.1 Å². The smallest absolute Gasteiger partial charge is 0.234 e. The summed E-state index contributed by atoms with van der Waals surface area (Å²) in [5, 5.41) is 0. The van der Waals surface area contributed by atoms with Crippen molar-refractivity contribution in [1.82, 2.24) is 4.57 Å². The number of hydrogen-bond donors (Lipinski definition) is 0. The van der Waals surface area contributed by atoms with Crippen molar-refractivity contribution in [2.45, 2.75) is 207 Å². The Morgan fingerprint density at radius 3 is 1.30 bits per heavy atom. The average Bonchev–Trinajstić information content (AvgIpc) is 3.29. The molecule has 2 heteroatoms. The Morgan fingerprint density at radius 1 is 0.459 bits per heavy atom. The lowest BCUT2D eigenvalue weighted by molar-refractivity contribution is -0.704. The van der Waals surface area contributed by atoms with Crippen LogP contribution >= 0.6 is 0 Å². The Hall–Kier alpha value is -0.790. The van der Waals surface area contributed by atoms with Gasteiger partial charge in [0, 0.05) is 6.42 Å². The molecule has 0 amide bonds. The van der Waals surface area contributed by atoms with Gasteiger partial charge in [-0.25, -0.2) is 9.13 Å². The molecule has 0 N–H and O–H groups in total. The summed E-state index contributed by atoms with van der Waals surface area (Å²) in [6.07, 6.45) is 42.9. The van der Waals surface area contributed by atoms with Crippen LogP contribution in [0, 0.1) is 0 Å². The van der Waals surface area contributed by atoms with Gasteiger partial charge in [0.1, 0.15) is 12.4 Å². The summed E-state index contributed by atoms with van der Waals surface area (Å²) in [4.78, 5) is 0. The second-order valence-electron chi connectivity index (χ2n) is 12.0. The maximum absolute atomic E-state index is 2.61. The van der Waals surface area contributed by atoms with E-state index in [0.717, 1.165) is 0 Å². The van der Waals surface area contributed by atoms with Gasteiger partial charge in [0.05, 0.1) is 13.1 Å². The standard InChI is InChI=1S/C35H69N2/c1-4-7-10-13-16-17-18-19-20-21-22-23-26-29-32-37-34-33-36(31-28-25-15-12-9-6-3)35(37)30-27-24-14-11-8-5-2/h33-34H,4-32H2,1-3H3/q+1. The van der Waals surface area contributed by atoms with E-state index in [2.05, 4.69) is 42.3 Å². The molecule has 218 valence electrons. The third-order valence-corrected chi connectivity index (χ3v) is 8.35. The molecule has 1 aromatic heterocycles. The third kappa shape index (κ3) is 19.9. The Bertz CT molecular complexity index is 576. The predicted octanol–water partition coefficient (Wildman–Crippen LogP) is 11.5. The van der Waals surface area contributed by atoms with Crippen LogP contribution in [0.25, 0.3) is 0 Å². The normalized spacial score (nSPS) is 11.5. The highest BCUT2D eigenvalue weighted by atomic mass is 15.1. The van der Waals surface area contributed by atoms with E-state index in [1.807, 2.05) is 0 Å². The summed E-state index contributed by atoms with van der Waals surface area (Å²) in [5.41, 5.74) is 0. The summed E-state index contributed by atoms with van der Waals surface area (Å²) in [5.74, 6) is 1.61. The lowest BCUT2D eigenvalue weighted by atomic mass is 10.0. The summed E-state index contributed by atoms with van der Waals surface area (Å²) in [6.45, 7) is 9.39. The molecule has 0 aliphatic carbocycles. The highest BCUT2D eigenvalue weighted by Gasteiger charge is 2.16. The van der Waals surface area contributed by atoms with E-state index >= 15 is 0 Å². The first-order chi connectivity index (χ1) is 18.3. The monoisotopic (exact) mass is 518 g/mol. The first-order valence-electron chi connectivity index (χ1n) is 17.4. The lowest BCUT2D eigenvalue weighted by Gasteiger charge is -2.07. The minimum absolute atomic E-state index is 1.23. The summed E-state index contributed by atoms with van der Waals surface area (Å²) >= 11 is 0. The number of nitrogens with zero attached hydrogens (tertiary/aromatic N) is 2. The largest absolute Gasteiger partial charge is 0.256 e. The molecule has 0 spiro atoms. The molecule has 37 heavy (non-hydrogen) atoms. The lowest BCUT2D eigenvalue weighted by Crippen LogP contribution is -2.37. The Kier molecular flexibility index (Phi) is 24.8. The maximum atomic E-state index is 2.61. The summed E-state index contributed by atoms with van der Waals surface area (Å²) < 4.78 is 5.22. The van der Waals surface area contributed by atoms with Crippen LogP contribution in [0.2, 0.25) is 0 Å². The molecule has 0 saturated heterocycles. The fourth-order valence-electron chi connectivity index (χ4n) is 5.80. The van der Waals surface area contributed by atoms with Crippen molar-refractivity contribution in [2.75, 3.05) is 0 Å². The Morgan fingerprint density at radius 2 is 0.838 bits per heavy atom. The molecule has 0 unspecified atom stereocenters. The third-order valence-electron chi connectivity index (χ3n) is 8.35. The minimum Gasteiger partial charge on any atom is -0.234 e. The summed E-state index contributed by atoms with van der Waals surface area (Å²) in [6, 6.07) is 0. The zero-order valence-corrected chi connectivity index (χ0v) is 26.1. The second kappa shape index (κ2) is 26.8. The van der Waals surface area contributed by atoms with Crippen LogP contribution in [0.5, 0.6) is 0 Å². The van der Waals surface area contributed by atoms with Gasteiger partial charge < -0.3 is 0 Å². The predicted molar refractivity (Wildman–Crippen MR) is 165 cm³/mol. The van der Waals surface area contributed by atoms with Gasteiger partial charge in [-0.1, -0.05) is 156 Å². The van der Waals surface area contributed by atoms with E-state index in [9.17, 15) is 0 Å². The maximum Gasteiger partial charge on any atom is 0.256 e. The van der Waals surface area contributed by atoms with Gasteiger partial charge >= 0.3 is 0 Å². The highest BCUT2D eigenvalue weighted by Crippen LogP contribution is 2.14. The zero-order chi connectivity index (χ0) is 26.7. The molecule has 2 nitrogen and oxygen atoms in total. The van der Waals surface area contributed by atoms with E-state index in [4.69, 9.17) is 0 Å². The molecule has 1 aromatic rings. The molecule has 0 radical (unpaired) electrons. The van der Waals surface area contributed by atoms with Crippen LogP contribution in [-0.4, -0.2) is 4.57 Å². The van der Waals surface area contributed by atoms with Crippen LogP contribution in [0.1, 0.15) is 194 Å². The number of rotatable bonds is 29. The van der Waals surface area contributed by atoms with Crippen molar-refractivity contribution in [3.05, 3.63) is 18.2 Å². The van der Waals surface area contributed by atoms with Crippen LogP contribution in [-0.2, 0) is 19.5 Å². The number of hydrogen-bond acceptors (Lipinski definition) is 0. The molecular weight excluding hydrogens is 448 g/mol. The molecule has 0 fully saturated rings. The number of aromatic nitrogens is 2. The molecular formula is C35H69N2+. The van der Waals surface area contributed by atoms with Crippen molar-refractivity contribution in [2.24, 2.45) is 0 Å². The summed E-state index contributed by atoms with van der Waals surface area (Å²) in [7, 11) is 0. The number of aryl methyl sites for hydroxylation is 2. The van der Waals surface area contributed by atoms with Crippen LogP contribution in [0.4, 0.5) is 0 Å². The Balaban J connectivity index is 2.23. The van der Waals surface area contributed by atoms with Crippen molar-refractivity contribution in [1.29, 1.82) is 0 Å². The SMILES string of the molecule is CCCCCCCCCCCCCCCCn1cc[n+](CCCCCCCC)c1CCCCCCCC. The van der Waals surface area contributed by atoms with Gasteiger partial charge in [0.15, 0.2) is 0 Å². The van der Waals surface area contributed by atoms with E-state index < -0.39 is 0 Å². The number of unbranched alkanes of at least 4 members (excludes halogenated alkanes) is 23. The zero-order valence-electron chi connectivity index (χ0n) is 26.1.